The van der Waals surface area contributed by atoms with E-state index in [-0.39, 0.29) is 18.9 Å². The van der Waals surface area contributed by atoms with Crippen LogP contribution in [0.25, 0.3) is 11.1 Å². The van der Waals surface area contributed by atoms with Gasteiger partial charge >= 0.3 is 5.76 Å². The molecule has 0 atom stereocenters. The number of nitrogens with one attached hydrogen (secondary N) is 1. The number of amides is 1. The van der Waals surface area contributed by atoms with E-state index in [1.165, 1.54) is 28.1 Å². The van der Waals surface area contributed by atoms with Crippen LogP contribution in [0.1, 0.15) is 23.0 Å². The van der Waals surface area contributed by atoms with Crippen molar-refractivity contribution in [2.24, 2.45) is 0 Å². The van der Waals surface area contributed by atoms with Gasteiger partial charge in [-0.25, -0.2) is 4.79 Å². The summed E-state index contributed by atoms with van der Waals surface area (Å²) in [7, 11) is 0. The topological polar surface area (TPSA) is 64.2 Å². The highest BCUT2D eigenvalue weighted by molar-refractivity contribution is 8.16. The fourth-order valence-electron chi connectivity index (χ4n) is 3.11. The van der Waals surface area contributed by atoms with Crippen LogP contribution in [-0.4, -0.2) is 22.0 Å². The predicted octanol–water partition coefficient (Wildman–Crippen LogP) is 4.49. The number of rotatable bonds is 5. The molecule has 1 aliphatic rings. The fraction of sp³-hybridized carbons (Fsp3) is 0.300. The summed E-state index contributed by atoms with van der Waals surface area (Å²) in [5.74, 6) is 1.81. The van der Waals surface area contributed by atoms with Gasteiger partial charge in [0, 0.05) is 18.7 Å². The Kier molecular flexibility index (Phi) is 5.59. The van der Waals surface area contributed by atoms with E-state index in [0.29, 0.717) is 15.7 Å². The average Bonchev–Trinajstić information content (AvgIpc) is 3.02. The lowest BCUT2D eigenvalue weighted by atomic mass is 10.2. The van der Waals surface area contributed by atoms with Crippen molar-refractivity contribution < 1.29 is 9.21 Å². The van der Waals surface area contributed by atoms with E-state index in [2.05, 4.69) is 11.4 Å². The quantitative estimate of drug-likeness (QED) is 0.683. The number of aryl methyl sites for hydroxylation is 1. The van der Waals surface area contributed by atoms with Crippen LogP contribution in [0.2, 0.25) is 0 Å². The smallest absolute Gasteiger partial charge is 0.408 e. The van der Waals surface area contributed by atoms with Gasteiger partial charge in [0.05, 0.1) is 10.1 Å². The Labute approximate surface area is 165 Å². The monoisotopic (exact) mass is 400 g/mol. The van der Waals surface area contributed by atoms with Gasteiger partial charge in [0.15, 0.2) is 5.58 Å². The van der Waals surface area contributed by atoms with Crippen LogP contribution in [0.15, 0.2) is 57.7 Å². The third-order valence-electron chi connectivity index (χ3n) is 4.41. The first-order valence-corrected chi connectivity index (χ1v) is 11.0. The molecule has 2 heterocycles. The maximum atomic E-state index is 12.4. The average molecular weight is 401 g/mol. The zero-order chi connectivity index (χ0) is 18.6. The molecule has 2 aromatic carbocycles. The van der Waals surface area contributed by atoms with Crippen LogP contribution in [0.5, 0.6) is 0 Å². The predicted molar refractivity (Wildman–Crippen MR) is 112 cm³/mol. The molecule has 1 aliphatic heterocycles. The number of carbonyl (C=O) groups is 1. The molecule has 27 heavy (non-hydrogen) atoms. The van der Waals surface area contributed by atoms with Gasteiger partial charge in [0.2, 0.25) is 5.91 Å². The second-order valence-electron chi connectivity index (χ2n) is 6.34. The lowest BCUT2D eigenvalue weighted by Gasteiger charge is -2.21. The number of anilines is 1. The fourth-order valence-corrected chi connectivity index (χ4v) is 5.98. The van der Waals surface area contributed by atoms with Crippen LogP contribution >= 0.6 is 23.5 Å². The summed E-state index contributed by atoms with van der Waals surface area (Å²) in [6.45, 7) is 0.287. The van der Waals surface area contributed by atoms with Crippen molar-refractivity contribution in [1.82, 2.24) is 4.57 Å². The Morgan fingerprint density at radius 2 is 1.96 bits per heavy atom. The molecule has 3 aromatic rings. The summed E-state index contributed by atoms with van der Waals surface area (Å²) in [5.41, 5.74) is 3.29. The number of hydrogen-bond donors (Lipinski definition) is 1. The molecule has 1 fully saturated rings. The van der Waals surface area contributed by atoms with Crippen LogP contribution < -0.4 is 11.1 Å². The minimum absolute atomic E-state index is 0.117. The zero-order valence-corrected chi connectivity index (χ0v) is 16.4. The van der Waals surface area contributed by atoms with Gasteiger partial charge in [-0.2, -0.15) is 0 Å². The second-order valence-corrected chi connectivity index (χ2v) is 9.06. The van der Waals surface area contributed by atoms with Crippen LogP contribution in [0.4, 0.5) is 5.69 Å². The van der Waals surface area contributed by atoms with Crippen LogP contribution in [0, 0.1) is 0 Å². The molecule has 0 unspecified atom stereocenters. The first kappa shape index (κ1) is 18.3. The Bertz CT molecular complexity index is 1010. The van der Waals surface area contributed by atoms with Gasteiger partial charge in [-0.3, -0.25) is 9.36 Å². The third-order valence-corrected chi connectivity index (χ3v) is 7.42. The summed E-state index contributed by atoms with van der Waals surface area (Å²) < 4.78 is 7.14. The van der Waals surface area contributed by atoms with E-state index in [1.807, 2.05) is 59.9 Å². The Morgan fingerprint density at radius 1 is 1.15 bits per heavy atom. The van der Waals surface area contributed by atoms with Crippen molar-refractivity contribution in [3.05, 3.63) is 64.6 Å². The largest absolute Gasteiger partial charge is 0.419 e. The Hall–Kier alpha value is -2.12. The summed E-state index contributed by atoms with van der Waals surface area (Å²) in [5, 5.41) is 2.95. The number of hydrogen-bond acceptors (Lipinski definition) is 5. The molecule has 0 spiro atoms. The number of para-hydroxylation sites is 2. The number of thioether (sulfide) groups is 2. The lowest BCUT2D eigenvalue weighted by Crippen LogP contribution is -2.19. The number of benzene rings is 2. The summed E-state index contributed by atoms with van der Waals surface area (Å²) in [4.78, 5) is 24.4. The van der Waals surface area contributed by atoms with Gasteiger partial charge in [0.1, 0.15) is 0 Å². The molecular weight excluding hydrogens is 380 g/mol. The molecule has 1 N–H and O–H groups in total. The number of aromatic nitrogens is 1. The molecule has 1 amide bonds. The highest BCUT2D eigenvalue weighted by Crippen LogP contribution is 2.44. The highest BCUT2D eigenvalue weighted by atomic mass is 32.2. The number of oxazole rings is 1. The van der Waals surface area contributed by atoms with Gasteiger partial charge in [-0.15, -0.1) is 23.5 Å². The summed E-state index contributed by atoms with van der Waals surface area (Å²) in [6, 6.07) is 15.3. The van der Waals surface area contributed by atoms with E-state index >= 15 is 0 Å². The molecule has 0 bridgehead atoms. The number of fused-ring (bicyclic) bond motifs is 1. The Balaban J connectivity index is 1.41. The van der Waals surface area contributed by atoms with Gasteiger partial charge in [-0.05, 0) is 47.8 Å². The highest BCUT2D eigenvalue weighted by Gasteiger charge is 2.17. The standard InChI is InChI=1S/C20H20N2O3S2/c23-18(9-10-22-16-7-1-2-8-17(16)25-20(22)24)21-15-6-3-5-14(13-15)19-26-11-4-12-27-19/h1-3,5-8,13,19H,4,9-12H2,(H,21,23). The van der Waals surface area contributed by atoms with E-state index in [1.54, 1.807) is 6.07 Å². The van der Waals surface area contributed by atoms with E-state index in [9.17, 15) is 9.59 Å². The molecule has 0 radical (unpaired) electrons. The number of carbonyl (C=O) groups excluding carboxylic acids is 1. The molecule has 7 heteroatoms. The van der Waals surface area contributed by atoms with Crippen molar-refractivity contribution in [3.8, 4) is 0 Å². The Morgan fingerprint density at radius 3 is 2.81 bits per heavy atom. The molecule has 0 saturated carbocycles. The van der Waals surface area contributed by atoms with Crippen molar-refractivity contribution in [1.29, 1.82) is 0 Å². The zero-order valence-electron chi connectivity index (χ0n) is 14.7. The minimum Gasteiger partial charge on any atom is -0.408 e. The van der Waals surface area contributed by atoms with Gasteiger partial charge in [0.25, 0.3) is 0 Å². The summed E-state index contributed by atoms with van der Waals surface area (Å²) >= 11 is 3.91. The molecule has 4 rings (SSSR count). The molecule has 0 aliphatic carbocycles. The summed E-state index contributed by atoms with van der Waals surface area (Å²) in [6.07, 6.45) is 1.46. The van der Waals surface area contributed by atoms with E-state index < -0.39 is 5.76 Å². The molecule has 140 valence electrons. The second kappa shape index (κ2) is 8.27. The van der Waals surface area contributed by atoms with Crippen molar-refractivity contribution >= 4 is 46.2 Å². The van der Waals surface area contributed by atoms with Crippen molar-refractivity contribution in [3.63, 3.8) is 0 Å². The normalized spacial score (nSPS) is 15.1. The van der Waals surface area contributed by atoms with Crippen LogP contribution in [-0.2, 0) is 11.3 Å². The maximum absolute atomic E-state index is 12.4. The lowest BCUT2D eigenvalue weighted by molar-refractivity contribution is -0.116. The molecule has 1 saturated heterocycles. The first-order valence-electron chi connectivity index (χ1n) is 8.92. The van der Waals surface area contributed by atoms with Gasteiger partial charge < -0.3 is 9.73 Å². The van der Waals surface area contributed by atoms with Crippen molar-refractivity contribution in [2.45, 2.75) is 24.0 Å². The van der Waals surface area contributed by atoms with Crippen LogP contribution in [0.3, 0.4) is 0 Å². The molecule has 5 nitrogen and oxygen atoms in total. The SMILES string of the molecule is O=C(CCn1c(=O)oc2ccccc21)Nc1cccc(C2SCCCS2)c1. The minimum atomic E-state index is -0.433. The van der Waals surface area contributed by atoms with E-state index in [0.717, 1.165) is 5.69 Å². The third kappa shape index (κ3) is 4.25. The molecule has 1 aromatic heterocycles. The first-order chi connectivity index (χ1) is 13.2. The number of nitrogens with zero attached hydrogens (tertiary/aromatic N) is 1. The molecular formula is C20H20N2O3S2. The van der Waals surface area contributed by atoms with Crippen molar-refractivity contribution in [2.75, 3.05) is 16.8 Å². The maximum Gasteiger partial charge on any atom is 0.419 e. The van der Waals surface area contributed by atoms with Gasteiger partial charge in [-0.1, -0.05) is 24.3 Å². The van der Waals surface area contributed by atoms with E-state index in [4.69, 9.17) is 4.42 Å².